The summed E-state index contributed by atoms with van der Waals surface area (Å²) < 4.78 is 44.8. The Hall–Kier alpha value is -5.26. The van der Waals surface area contributed by atoms with Crippen molar-refractivity contribution in [1.82, 2.24) is 30.1 Å². The average molecular weight is 823 g/mol. The number of pyridine rings is 1. The van der Waals surface area contributed by atoms with Gasteiger partial charge in [0.25, 0.3) is 5.91 Å². The maximum absolute atomic E-state index is 14.7. The van der Waals surface area contributed by atoms with Crippen molar-refractivity contribution >= 4 is 56.5 Å². The lowest BCUT2D eigenvalue weighted by Gasteiger charge is -2.43. The molecule has 2 saturated carbocycles. The summed E-state index contributed by atoms with van der Waals surface area (Å²) >= 11 is 0. The predicted octanol–water partition coefficient (Wildman–Crippen LogP) is 2.15. The summed E-state index contributed by atoms with van der Waals surface area (Å²) in [5.74, 6) is -3.56. The zero-order valence-corrected chi connectivity index (χ0v) is 33.8. The molecule has 6 fully saturated rings. The molecule has 0 spiro atoms. The van der Waals surface area contributed by atoms with Crippen molar-refractivity contribution in [2.24, 2.45) is 5.92 Å². The van der Waals surface area contributed by atoms with Crippen molar-refractivity contribution < 1.29 is 51.4 Å². The number of likely N-dealkylation sites (tertiary alicyclic amines) is 1. The molecule has 1 aromatic carbocycles. The van der Waals surface area contributed by atoms with Gasteiger partial charge in [0.15, 0.2) is 0 Å². The van der Waals surface area contributed by atoms with Crippen LogP contribution < -0.4 is 20.1 Å². The lowest BCUT2D eigenvalue weighted by atomic mass is 9.95. The number of hydrogen-bond acceptors (Lipinski definition) is 12. The number of nitrogens with one attached hydrogen (secondary N) is 3. The second-order valence-electron chi connectivity index (χ2n) is 16.9. The Balaban J connectivity index is 1.16. The molecule has 2 aliphatic carbocycles. The number of benzene rings is 1. The number of rotatable bonds is 13. The van der Waals surface area contributed by atoms with Crippen LogP contribution in [0, 0.1) is 12.8 Å². The number of nitrogens with zero attached hydrogens (tertiary/aromatic N) is 3. The van der Waals surface area contributed by atoms with Gasteiger partial charge in [-0.15, -0.1) is 6.58 Å². The summed E-state index contributed by atoms with van der Waals surface area (Å²) in [4.78, 5) is 89.0. The van der Waals surface area contributed by atoms with Gasteiger partial charge in [0.05, 0.1) is 18.3 Å². The van der Waals surface area contributed by atoms with Gasteiger partial charge in [-0.25, -0.2) is 23.0 Å². The molecule has 7 atom stereocenters. The number of amides is 5. The molecule has 58 heavy (non-hydrogen) atoms. The van der Waals surface area contributed by atoms with Gasteiger partial charge in [0.1, 0.15) is 41.5 Å². The second-order valence-corrected chi connectivity index (χ2v) is 18.9. The fraction of sp³-hybridized carbons (Fsp3) is 0.575. The first-order valence-electron chi connectivity index (χ1n) is 19.7. The summed E-state index contributed by atoms with van der Waals surface area (Å²) in [6, 6.07) is 4.20. The van der Waals surface area contributed by atoms with Crippen molar-refractivity contribution in [3.63, 3.8) is 0 Å². The van der Waals surface area contributed by atoms with Crippen LogP contribution in [0.2, 0.25) is 0 Å². The molecule has 8 rings (SSSR count). The molecule has 312 valence electrons. The quantitative estimate of drug-likeness (QED) is 0.196. The molecule has 4 aliphatic heterocycles. The maximum Gasteiger partial charge on any atom is 0.408 e. The Bertz CT molecular complexity index is 2150. The van der Waals surface area contributed by atoms with Crippen molar-refractivity contribution in [3.05, 3.63) is 48.7 Å². The lowest BCUT2D eigenvalue weighted by Crippen LogP contribution is -2.59. The van der Waals surface area contributed by atoms with Crippen LogP contribution in [0.3, 0.4) is 0 Å². The Kier molecular flexibility index (Phi) is 10.9. The van der Waals surface area contributed by atoms with Crippen LogP contribution in [0.25, 0.3) is 10.8 Å². The molecule has 5 heterocycles. The van der Waals surface area contributed by atoms with Gasteiger partial charge in [0, 0.05) is 30.3 Å². The molecule has 1 aromatic heterocycles. The first kappa shape index (κ1) is 40.9. The number of aryl methyl sites for hydroxylation is 1. The summed E-state index contributed by atoms with van der Waals surface area (Å²) in [6.45, 7) is 10.7. The van der Waals surface area contributed by atoms with Crippen LogP contribution in [-0.2, 0) is 43.5 Å². The molecule has 17 nitrogen and oxygen atoms in total. The highest BCUT2D eigenvalue weighted by atomic mass is 32.2. The molecule has 4 saturated heterocycles. The van der Waals surface area contributed by atoms with Crippen molar-refractivity contribution in [1.29, 1.82) is 0 Å². The fourth-order valence-electron chi connectivity index (χ4n) is 8.03. The third-order valence-corrected chi connectivity index (χ3v) is 13.1. The molecular weight excluding hydrogens is 773 g/mol. The Morgan fingerprint density at radius 1 is 1.09 bits per heavy atom. The number of ether oxygens (including phenoxy) is 3. The number of esters is 1. The van der Waals surface area contributed by atoms with E-state index in [0.29, 0.717) is 31.1 Å². The minimum atomic E-state index is -3.95. The lowest BCUT2D eigenvalue weighted by molar-refractivity contribution is -0.181. The van der Waals surface area contributed by atoms with Gasteiger partial charge in [-0.3, -0.25) is 23.9 Å². The second kappa shape index (κ2) is 15.5. The maximum atomic E-state index is 14.7. The third kappa shape index (κ3) is 8.61. The number of aromatic nitrogens is 1. The summed E-state index contributed by atoms with van der Waals surface area (Å²) in [7, 11) is -3.95. The summed E-state index contributed by atoms with van der Waals surface area (Å²) in [5, 5.41) is 6.24. The monoisotopic (exact) mass is 822 g/mol. The van der Waals surface area contributed by atoms with E-state index in [1.165, 1.54) is 15.9 Å². The van der Waals surface area contributed by atoms with Gasteiger partial charge >= 0.3 is 12.1 Å². The van der Waals surface area contributed by atoms with Gasteiger partial charge in [0.2, 0.25) is 33.6 Å². The number of hydrogen-bond donors (Lipinski definition) is 3. The Morgan fingerprint density at radius 2 is 1.84 bits per heavy atom. The number of morpholine rings is 1. The van der Waals surface area contributed by atoms with Crippen molar-refractivity contribution in [2.45, 2.75) is 126 Å². The standard InChI is InChI=1S/C40H50N6O11S/c1-6-24-19-40(24,37(51)44-58(53,54)27-9-10-27)43-33(48)31-18-26(55-34-28-11-7-22(2)17-23(28)15-16-41-34)21-46(31)35(49)29(42-38(52)57-39(3,4)5)12-14-32(47)45-20-25-8-13-30(45)36(50)56-25/h6-7,11,15-17,24-27,29-31H,1,8-10,12-14,18-21H2,2-5H3,(H,42,52)(H,43,48)(H,44,51). The molecular formula is C40H50N6O11S. The molecule has 6 aliphatic rings. The minimum Gasteiger partial charge on any atom is -0.472 e. The Morgan fingerprint density at radius 3 is 2.50 bits per heavy atom. The van der Waals surface area contributed by atoms with E-state index in [0.717, 1.165) is 10.9 Å². The SMILES string of the molecule is C=CC1CC1(NC(=O)C1CC(Oc2nccc3cc(C)ccc23)CN1C(=O)C(CCC(=O)N1CC2CCC1C(=O)O2)NC(=O)OC(C)(C)C)C(=O)NS(=O)(=O)C1CC1. The first-order chi connectivity index (χ1) is 27.4. The zero-order valence-electron chi connectivity index (χ0n) is 33.0. The topological polar surface area (TPSA) is 220 Å². The van der Waals surface area contributed by atoms with E-state index < -0.39 is 98.4 Å². The molecule has 0 radical (unpaired) electrons. The normalized spacial score (nSPS) is 27.0. The van der Waals surface area contributed by atoms with E-state index in [-0.39, 0.29) is 44.7 Å². The van der Waals surface area contributed by atoms with Crippen LogP contribution >= 0.6 is 0 Å². The van der Waals surface area contributed by atoms with E-state index in [1.54, 1.807) is 27.0 Å². The van der Waals surface area contributed by atoms with E-state index >= 15 is 0 Å². The smallest absolute Gasteiger partial charge is 0.408 e. The molecule has 7 unspecified atom stereocenters. The largest absolute Gasteiger partial charge is 0.472 e. The number of piperidine rings is 1. The highest BCUT2D eigenvalue weighted by molar-refractivity contribution is 7.91. The van der Waals surface area contributed by atoms with E-state index in [1.807, 2.05) is 31.2 Å². The summed E-state index contributed by atoms with van der Waals surface area (Å²) in [5.41, 5.74) is -1.54. The van der Waals surface area contributed by atoms with Crippen LogP contribution in [0.15, 0.2) is 43.1 Å². The molecule has 3 N–H and O–H groups in total. The highest BCUT2D eigenvalue weighted by Gasteiger charge is 2.62. The predicted molar refractivity (Wildman–Crippen MR) is 207 cm³/mol. The van der Waals surface area contributed by atoms with Crippen LogP contribution in [0.4, 0.5) is 4.79 Å². The van der Waals surface area contributed by atoms with Crippen molar-refractivity contribution in [3.8, 4) is 5.88 Å². The zero-order chi connectivity index (χ0) is 41.7. The van der Waals surface area contributed by atoms with E-state index in [4.69, 9.17) is 14.2 Å². The number of alkyl carbamates (subject to hydrolysis) is 1. The van der Waals surface area contributed by atoms with Crippen LogP contribution in [0.5, 0.6) is 5.88 Å². The first-order valence-corrected chi connectivity index (χ1v) is 21.2. The number of sulfonamides is 1. The average Bonchev–Trinajstić information content (AvgIpc) is 4.09. The minimum absolute atomic E-state index is 0.0601. The van der Waals surface area contributed by atoms with Gasteiger partial charge < -0.3 is 34.6 Å². The number of carbonyl (C=O) groups is 6. The Labute approximate surface area is 336 Å². The number of fused-ring (bicyclic) bond motifs is 4. The van der Waals surface area contributed by atoms with Gasteiger partial charge in [-0.1, -0.05) is 23.8 Å². The van der Waals surface area contributed by atoms with Gasteiger partial charge in [-0.2, -0.15) is 0 Å². The molecule has 18 heteroatoms. The summed E-state index contributed by atoms with van der Waals surface area (Å²) in [6.07, 6.45) is 2.46. The van der Waals surface area contributed by atoms with Crippen molar-refractivity contribution in [2.75, 3.05) is 13.1 Å². The third-order valence-electron chi connectivity index (χ3n) is 11.3. The molecule has 5 amide bonds. The van der Waals surface area contributed by atoms with Crippen LogP contribution in [0.1, 0.15) is 77.7 Å². The fourth-order valence-corrected chi connectivity index (χ4v) is 9.40. The van der Waals surface area contributed by atoms with Crippen LogP contribution in [-0.4, -0.2) is 119 Å². The number of carbonyl (C=O) groups excluding carboxylic acids is 6. The van der Waals surface area contributed by atoms with E-state index in [9.17, 15) is 37.2 Å². The van der Waals surface area contributed by atoms with Gasteiger partial charge in [-0.05, 0) is 83.7 Å². The van der Waals surface area contributed by atoms with E-state index in [2.05, 4.69) is 26.9 Å². The molecule has 2 bridgehead atoms. The highest BCUT2D eigenvalue weighted by Crippen LogP contribution is 2.45. The molecule has 2 aromatic rings.